The Morgan fingerprint density at radius 3 is 2.52 bits per heavy atom. The molecule has 1 unspecified atom stereocenters. The minimum absolute atomic E-state index is 0.129. The summed E-state index contributed by atoms with van der Waals surface area (Å²) >= 11 is 0. The number of likely N-dealkylation sites (tertiary alicyclic amines) is 1. The van der Waals surface area contributed by atoms with Gasteiger partial charge in [0.25, 0.3) is 0 Å². The second-order valence-electron chi connectivity index (χ2n) is 6.28. The molecule has 0 spiro atoms. The molecule has 1 amide bonds. The van der Waals surface area contributed by atoms with Gasteiger partial charge in [-0.25, -0.2) is 4.79 Å². The van der Waals surface area contributed by atoms with Crippen LogP contribution in [0.25, 0.3) is 22.2 Å². The van der Waals surface area contributed by atoms with Crippen LogP contribution < -0.4 is 0 Å². The molecule has 1 aromatic heterocycles. The van der Waals surface area contributed by atoms with Crippen LogP contribution in [0, 0.1) is 0 Å². The largest absolute Gasteiger partial charge is 0.465 e. The number of Topliss-reactive ketones (excluding diaryl/α,β-unsaturated/α-hetero) is 1. The van der Waals surface area contributed by atoms with Crippen LogP contribution in [0.1, 0.15) is 23.2 Å². The summed E-state index contributed by atoms with van der Waals surface area (Å²) in [5, 5.41) is 10.2. The van der Waals surface area contributed by atoms with Gasteiger partial charge in [-0.05, 0) is 24.5 Å². The van der Waals surface area contributed by atoms with E-state index in [0.717, 1.165) is 22.2 Å². The number of hydrogen-bond donors (Lipinski definition) is 2. The summed E-state index contributed by atoms with van der Waals surface area (Å²) in [5.41, 5.74) is 3.13. The zero-order chi connectivity index (χ0) is 17.4. The quantitative estimate of drug-likeness (QED) is 0.706. The van der Waals surface area contributed by atoms with Gasteiger partial charge in [0, 0.05) is 17.4 Å². The smallest absolute Gasteiger partial charge is 0.407 e. The van der Waals surface area contributed by atoms with Crippen molar-refractivity contribution in [1.82, 2.24) is 9.88 Å². The van der Waals surface area contributed by atoms with E-state index in [4.69, 9.17) is 0 Å². The molecule has 4 rings (SSSR count). The molecule has 5 nitrogen and oxygen atoms in total. The van der Waals surface area contributed by atoms with Crippen LogP contribution in [0.3, 0.4) is 0 Å². The summed E-state index contributed by atoms with van der Waals surface area (Å²) in [5.74, 6) is -0.129. The Balaban J connectivity index is 1.88. The molecule has 1 aliphatic heterocycles. The first-order valence-corrected chi connectivity index (χ1v) is 8.36. The summed E-state index contributed by atoms with van der Waals surface area (Å²) in [7, 11) is 0. The van der Waals surface area contributed by atoms with Gasteiger partial charge in [0.05, 0.1) is 17.3 Å². The molecule has 1 saturated heterocycles. The van der Waals surface area contributed by atoms with Crippen LogP contribution in [-0.4, -0.2) is 39.5 Å². The van der Waals surface area contributed by atoms with Gasteiger partial charge in [-0.2, -0.15) is 0 Å². The molecular weight excluding hydrogens is 316 g/mol. The minimum atomic E-state index is -1.03. The first-order valence-electron chi connectivity index (χ1n) is 8.36. The summed E-state index contributed by atoms with van der Waals surface area (Å²) in [4.78, 5) is 29.4. The minimum Gasteiger partial charge on any atom is -0.465 e. The van der Waals surface area contributed by atoms with Crippen molar-refractivity contribution in [2.75, 3.05) is 6.54 Å². The van der Waals surface area contributed by atoms with Gasteiger partial charge in [0.15, 0.2) is 5.78 Å². The van der Waals surface area contributed by atoms with Crippen molar-refractivity contribution < 1.29 is 14.7 Å². The zero-order valence-electron chi connectivity index (χ0n) is 13.6. The highest BCUT2D eigenvalue weighted by Crippen LogP contribution is 2.33. The lowest BCUT2D eigenvalue weighted by Crippen LogP contribution is -2.39. The monoisotopic (exact) mass is 334 g/mol. The van der Waals surface area contributed by atoms with Crippen molar-refractivity contribution in [1.29, 1.82) is 0 Å². The van der Waals surface area contributed by atoms with Crippen molar-refractivity contribution in [3.8, 4) is 11.3 Å². The Morgan fingerprint density at radius 2 is 1.76 bits per heavy atom. The Hall–Kier alpha value is -3.08. The average Bonchev–Trinajstić information content (AvgIpc) is 3.27. The number of rotatable bonds is 3. The maximum atomic E-state index is 13.3. The molecule has 1 aliphatic rings. The fourth-order valence-corrected chi connectivity index (χ4v) is 3.65. The SMILES string of the molecule is O=C(c1c(-c2ccccc2)[nH]c2ccccc12)C1CCCN1C(=O)O. The van der Waals surface area contributed by atoms with Crippen molar-refractivity contribution in [3.05, 3.63) is 60.2 Å². The topological polar surface area (TPSA) is 73.4 Å². The number of nitrogens with zero attached hydrogens (tertiary/aromatic N) is 1. The lowest BCUT2D eigenvalue weighted by molar-refractivity contribution is 0.0847. The summed E-state index contributed by atoms with van der Waals surface area (Å²) in [6.45, 7) is 0.411. The van der Waals surface area contributed by atoms with Gasteiger partial charge >= 0.3 is 6.09 Å². The molecule has 3 aromatic rings. The van der Waals surface area contributed by atoms with Crippen LogP contribution in [-0.2, 0) is 0 Å². The molecule has 0 saturated carbocycles. The maximum Gasteiger partial charge on any atom is 0.407 e. The number of fused-ring (bicyclic) bond motifs is 1. The first kappa shape index (κ1) is 15.4. The maximum absolute atomic E-state index is 13.3. The van der Waals surface area contributed by atoms with Gasteiger partial charge in [-0.3, -0.25) is 9.69 Å². The molecule has 25 heavy (non-hydrogen) atoms. The third kappa shape index (κ3) is 2.58. The number of H-pyrrole nitrogens is 1. The number of hydrogen-bond acceptors (Lipinski definition) is 2. The second kappa shape index (κ2) is 6.09. The predicted octanol–water partition coefficient (Wildman–Crippen LogP) is 4.16. The van der Waals surface area contributed by atoms with Crippen molar-refractivity contribution in [3.63, 3.8) is 0 Å². The number of nitrogens with one attached hydrogen (secondary N) is 1. The Kier molecular flexibility index (Phi) is 3.76. The van der Waals surface area contributed by atoms with E-state index in [2.05, 4.69) is 4.98 Å². The van der Waals surface area contributed by atoms with Crippen molar-refractivity contribution in [2.24, 2.45) is 0 Å². The Bertz CT molecular complexity index is 946. The van der Waals surface area contributed by atoms with Crippen molar-refractivity contribution in [2.45, 2.75) is 18.9 Å². The number of amides is 1. The normalized spacial score (nSPS) is 17.1. The number of carboxylic acid groups (broad SMARTS) is 1. The fraction of sp³-hybridized carbons (Fsp3) is 0.200. The molecule has 0 bridgehead atoms. The number of ketones is 1. The number of para-hydroxylation sites is 1. The van der Waals surface area contributed by atoms with Crippen LogP contribution in [0.5, 0.6) is 0 Å². The average molecular weight is 334 g/mol. The van der Waals surface area contributed by atoms with E-state index in [-0.39, 0.29) is 5.78 Å². The fourth-order valence-electron chi connectivity index (χ4n) is 3.65. The van der Waals surface area contributed by atoms with E-state index in [9.17, 15) is 14.7 Å². The van der Waals surface area contributed by atoms with Crippen LogP contribution in [0.2, 0.25) is 0 Å². The summed E-state index contributed by atoms with van der Waals surface area (Å²) < 4.78 is 0. The van der Waals surface area contributed by atoms with E-state index in [1.807, 2.05) is 54.6 Å². The molecule has 0 radical (unpaired) electrons. The van der Waals surface area contributed by atoms with Crippen LogP contribution in [0.4, 0.5) is 4.79 Å². The number of aromatic amines is 1. The molecule has 0 aliphatic carbocycles. The van der Waals surface area contributed by atoms with Crippen molar-refractivity contribution >= 4 is 22.8 Å². The number of carbonyl (C=O) groups excluding carboxylic acids is 1. The van der Waals surface area contributed by atoms with E-state index in [1.165, 1.54) is 4.90 Å². The Morgan fingerprint density at radius 1 is 1.04 bits per heavy atom. The van der Waals surface area contributed by atoms with Gasteiger partial charge in [0.1, 0.15) is 0 Å². The highest BCUT2D eigenvalue weighted by atomic mass is 16.4. The van der Waals surface area contributed by atoms with E-state index in [0.29, 0.717) is 24.9 Å². The molecule has 1 fully saturated rings. The molecule has 5 heteroatoms. The highest BCUT2D eigenvalue weighted by molar-refractivity contribution is 6.15. The lowest BCUT2D eigenvalue weighted by atomic mass is 9.96. The first-order chi connectivity index (χ1) is 12.2. The zero-order valence-corrected chi connectivity index (χ0v) is 13.6. The van der Waals surface area contributed by atoms with Gasteiger partial charge in [-0.15, -0.1) is 0 Å². The van der Waals surface area contributed by atoms with Gasteiger partial charge in [0.2, 0.25) is 0 Å². The van der Waals surface area contributed by atoms with E-state index in [1.54, 1.807) is 0 Å². The van der Waals surface area contributed by atoms with Crippen LogP contribution in [0.15, 0.2) is 54.6 Å². The van der Waals surface area contributed by atoms with Crippen LogP contribution >= 0.6 is 0 Å². The lowest BCUT2D eigenvalue weighted by Gasteiger charge is -2.20. The third-order valence-electron chi connectivity index (χ3n) is 4.82. The molecular formula is C20H18N2O3. The molecule has 126 valence electrons. The van der Waals surface area contributed by atoms with E-state index < -0.39 is 12.1 Å². The standard InChI is InChI=1S/C20H18N2O3/c23-19(16-11-6-12-22(16)20(24)25)17-14-9-4-5-10-15(14)21-18(17)13-7-2-1-3-8-13/h1-5,7-10,16,21H,6,11-12H2,(H,24,25). The van der Waals surface area contributed by atoms with E-state index >= 15 is 0 Å². The molecule has 2 heterocycles. The molecule has 2 aromatic carbocycles. The predicted molar refractivity (Wildman–Crippen MR) is 95.8 cm³/mol. The number of benzene rings is 2. The number of carbonyl (C=O) groups is 2. The molecule has 1 atom stereocenters. The molecule has 2 N–H and O–H groups in total. The number of aromatic nitrogens is 1. The second-order valence-corrected chi connectivity index (χ2v) is 6.28. The summed E-state index contributed by atoms with van der Waals surface area (Å²) in [6, 6.07) is 16.7. The van der Waals surface area contributed by atoms with Gasteiger partial charge in [-0.1, -0.05) is 48.5 Å². The third-order valence-corrected chi connectivity index (χ3v) is 4.82. The summed E-state index contributed by atoms with van der Waals surface area (Å²) in [6.07, 6.45) is 0.252. The highest BCUT2D eigenvalue weighted by Gasteiger charge is 2.36. The van der Waals surface area contributed by atoms with Gasteiger partial charge < -0.3 is 10.1 Å². The Labute approximate surface area is 144 Å².